The van der Waals surface area contributed by atoms with Gasteiger partial charge in [0.1, 0.15) is 12.1 Å². The van der Waals surface area contributed by atoms with Gasteiger partial charge in [0.05, 0.1) is 0 Å². The van der Waals surface area contributed by atoms with E-state index in [1.54, 1.807) is 4.90 Å². The Balaban J connectivity index is 1.77. The molecule has 2 aromatic carbocycles. The fourth-order valence-electron chi connectivity index (χ4n) is 4.23. The van der Waals surface area contributed by atoms with E-state index in [9.17, 15) is 14.4 Å². The minimum Gasteiger partial charge on any atom is -0.354 e. The van der Waals surface area contributed by atoms with E-state index in [-0.39, 0.29) is 17.7 Å². The maximum absolute atomic E-state index is 13.2. The van der Waals surface area contributed by atoms with Gasteiger partial charge in [-0.1, -0.05) is 63.2 Å². The summed E-state index contributed by atoms with van der Waals surface area (Å²) >= 11 is 0. The molecule has 3 rings (SSSR count). The molecular formula is C26H36N4O3. The summed E-state index contributed by atoms with van der Waals surface area (Å²) in [5.74, 6) is -0.555. The average Bonchev–Trinajstić information content (AvgIpc) is 3.27. The molecule has 0 saturated carbocycles. The Kier molecular flexibility index (Phi) is 8.08. The van der Waals surface area contributed by atoms with Crippen molar-refractivity contribution in [1.29, 1.82) is 0 Å². The van der Waals surface area contributed by atoms with Gasteiger partial charge in [-0.25, -0.2) is 0 Å². The lowest BCUT2D eigenvalue weighted by Crippen LogP contribution is -2.55. The zero-order valence-electron chi connectivity index (χ0n) is 19.9. The molecule has 1 saturated heterocycles. The van der Waals surface area contributed by atoms with Crippen LogP contribution in [0, 0.1) is 5.41 Å². The zero-order chi connectivity index (χ0) is 24.0. The number of nitrogens with zero attached hydrogens (tertiary/aromatic N) is 1. The summed E-state index contributed by atoms with van der Waals surface area (Å²) in [6.45, 7) is 7.07. The Bertz CT molecular complexity index is 998. The molecule has 7 nitrogen and oxygen atoms in total. The first kappa shape index (κ1) is 24.7. The summed E-state index contributed by atoms with van der Waals surface area (Å²) in [5.41, 5.74) is 5.95. The summed E-state index contributed by atoms with van der Waals surface area (Å²) in [6.07, 6.45) is 2.41. The van der Waals surface area contributed by atoms with Crippen molar-refractivity contribution in [2.45, 2.75) is 58.5 Å². The van der Waals surface area contributed by atoms with Crippen LogP contribution in [0.4, 0.5) is 0 Å². The molecule has 4 N–H and O–H groups in total. The topological polar surface area (TPSA) is 105 Å². The van der Waals surface area contributed by atoms with Gasteiger partial charge in [-0.3, -0.25) is 14.4 Å². The minimum absolute atomic E-state index is 0.0429. The van der Waals surface area contributed by atoms with Crippen LogP contribution in [0.2, 0.25) is 0 Å². The Morgan fingerprint density at radius 1 is 1.12 bits per heavy atom. The van der Waals surface area contributed by atoms with Crippen LogP contribution in [0.5, 0.6) is 0 Å². The predicted molar refractivity (Wildman–Crippen MR) is 130 cm³/mol. The van der Waals surface area contributed by atoms with Crippen molar-refractivity contribution in [1.82, 2.24) is 15.5 Å². The monoisotopic (exact) mass is 452 g/mol. The number of likely N-dealkylation sites (tertiary alicyclic amines) is 1. The molecule has 1 unspecified atom stereocenters. The van der Waals surface area contributed by atoms with Crippen LogP contribution in [-0.2, 0) is 20.8 Å². The second-order valence-electron chi connectivity index (χ2n) is 9.79. The molecule has 178 valence electrons. The number of benzene rings is 2. The third-order valence-corrected chi connectivity index (χ3v) is 6.02. The lowest BCUT2D eigenvalue weighted by molar-refractivity contribution is -0.145. The fourth-order valence-corrected chi connectivity index (χ4v) is 4.23. The Morgan fingerprint density at radius 2 is 1.85 bits per heavy atom. The van der Waals surface area contributed by atoms with Gasteiger partial charge in [-0.2, -0.15) is 0 Å². The van der Waals surface area contributed by atoms with Gasteiger partial charge in [0.25, 0.3) is 0 Å². The number of nitrogens with one attached hydrogen (secondary N) is 2. The summed E-state index contributed by atoms with van der Waals surface area (Å²) < 4.78 is 0. The van der Waals surface area contributed by atoms with Crippen molar-refractivity contribution in [3.8, 4) is 0 Å². The van der Waals surface area contributed by atoms with E-state index in [0.717, 1.165) is 22.8 Å². The highest BCUT2D eigenvalue weighted by Gasteiger charge is 2.39. The van der Waals surface area contributed by atoms with Gasteiger partial charge in [0.15, 0.2) is 0 Å². The van der Waals surface area contributed by atoms with Gasteiger partial charge >= 0.3 is 0 Å². The lowest BCUT2D eigenvalue weighted by Gasteiger charge is -2.31. The first-order valence-electron chi connectivity index (χ1n) is 11.8. The standard InChI is InChI=1S/C26H36N4O3/c1-26(2,3)25(33)30-15-6-10-22(30)24(32)29-21(23(31)28-14-7-13-27)17-18-11-12-19-8-4-5-9-20(19)16-18/h4-5,8-9,11-12,16,21-22H,6-7,10,13-15,17,27H2,1-3H3,(H,28,31)(H,29,32)/t21-,22?/m1/s1. The Labute approximate surface area is 196 Å². The highest BCUT2D eigenvalue weighted by atomic mass is 16.2. The molecule has 33 heavy (non-hydrogen) atoms. The molecule has 2 atom stereocenters. The molecular weight excluding hydrogens is 416 g/mol. The Morgan fingerprint density at radius 3 is 2.55 bits per heavy atom. The van der Waals surface area contributed by atoms with Gasteiger partial charge < -0.3 is 21.3 Å². The van der Waals surface area contributed by atoms with Crippen molar-refractivity contribution in [2.24, 2.45) is 11.1 Å². The van der Waals surface area contributed by atoms with Gasteiger partial charge in [-0.15, -0.1) is 0 Å². The maximum atomic E-state index is 13.2. The first-order chi connectivity index (χ1) is 15.7. The van der Waals surface area contributed by atoms with E-state index < -0.39 is 17.5 Å². The molecule has 0 aromatic heterocycles. The van der Waals surface area contributed by atoms with E-state index in [2.05, 4.69) is 10.6 Å². The Hall–Kier alpha value is -2.93. The largest absolute Gasteiger partial charge is 0.354 e. The number of rotatable bonds is 8. The van der Waals surface area contributed by atoms with E-state index in [0.29, 0.717) is 38.9 Å². The number of carbonyl (C=O) groups excluding carboxylic acids is 3. The van der Waals surface area contributed by atoms with Gasteiger partial charge in [-0.05, 0) is 42.1 Å². The lowest BCUT2D eigenvalue weighted by atomic mass is 9.94. The third-order valence-electron chi connectivity index (χ3n) is 6.02. The van der Waals surface area contributed by atoms with Crippen LogP contribution in [-0.4, -0.2) is 54.3 Å². The molecule has 1 aliphatic rings. The molecule has 3 amide bonds. The molecule has 0 radical (unpaired) electrons. The predicted octanol–water partition coefficient (Wildman–Crippen LogP) is 2.37. The molecule has 1 heterocycles. The number of hydrogen-bond donors (Lipinski definition) is 3. The van der Waals surface area contributed by atoms with E-state index in [1.807, 2.05) is 63.2 Å². The van der Waals surface area contributed by atoms with Crippen LogP contribution in [0.25, 0.3) is 10.8 Å². The smallest absolute Gasteiger partial charge is 0.243 e. The average molecular weight is 453 g/mol. The van der Waals surface area contributed by atoms with Crippen molar-refractivity contribution in [3.05, 3.63) is 48.0 Å². The number of amides is 3. The summed E-state index contributed by atoms with van der Waals surface area (Å²) in [4.78, 5) is 40.7. The van der Waals surface area contributed by atoms with Crippen LogP contribution < -0.4 is 16.4 Å². The third kappa shape index (κ3) is 6.32. The molecule has 0 bridgehead atoms. The SMILES string of the molecule is CC(C)(C)C(=O)N1CCCC1C(=O)N[C@H](Cc1ccc2ccccc2c1)C(=O)NCCCN. The molecule has 1 aliphatic heterocycles. The van der Waals surface area contributed by atoms with E-state index >= 15 is 0 Å². The fraction of sp³-hybridized carbons (Fsp3) is 0.500. The normalized spacial score (nSPS) is 17.1. The van der Waals surface area contributed by atoms with Crippen LogP contribution in [0.1, 0.15) is 45.6 Å². The van der Waals surface area contributed by atoms with Crippen LogP contribution in [0.15, 0.2) is 42.5 Å². The van der Waals surface area contributed by atoms with E-state index in [4.69, 9.17) is 5.73 Å². The zero-order valence-corrected chi connectivity index (χ0v) is 19.9. The van der Waals surface area contributed by atoms with Crippen LogP contribution >= 0.6 is 0 Å². The summed E-state index contributed by atoms with van der Waals surface area (Å²) in [5, 5.41) is 8.03. The quantitative estimate of drug-likeness (QED) is 0.535. The molecule has 7 heteroatoms. The van der Waals surface area contributed by atoms with Crippen LogP contribution in [0.3, 0.4) is 0 Å². The van der Waals surface area contributed by atoms with Crippen molar-refractivity contribution >= 4 is 28.5 Å². The number of carbonyl (C=O) groups is 3. The molecule has 0 aliphatic carbocycles. The second-order valence-corrected chi connectivity index (χ2v) is 9.79. The van der Waals surface area contributed by atoms with Gasteiger partial charge in [0.2, 0.25) is 17.7 Å². The molecule has 0 spiro atoms. The van der Waals surface area contributed by atoms with Crippen molar-refractivity contribution < 1.29 is 14.4 Å². The van der Waals surface area contributed by atoms with Gasteiger partial charge in [0, 0.05) is 24.9 Å². The number of nitrogens with two attached hydrogens (primary N) is 1. The second kappa shape index (κ2) is 10.8. The summed E-state index contributed by atoms with van der Waals surface area (Å²) in [7, 11) is 0. The molecule has 2 aromatic rings. The highest BCUT2D eigenvalue weighted by molar-refractivity contribution is 5.93. The highest BCUT2D eigenvalue weighted by Crippen LogP contribution is 2.26. The first-order valence-corrected chi connectivity index (χ1v) is 11.8. The van der Waals surface area contributed by atoms with Crippen molar-refractivity contribution in [3.63, 3.8) is 0 Å². The van der Waals surface area contributed by atoms with Crippen molar-refractivity contribution in [2.75, 3.05) is 19.6 Å². The number of hydrogen-bond acceptors (Lipinski definition) is 4. The number of fused-ring (bicyclic) bond motifs is 1. The minimum atomic E-state index is -0.733. The maximum Gasteiger partial charge on any atom is 0.243 e. The summed E-state index contributed by atoms with van der Waals surface area (Å²) in [6, 6.07) is 12.8. The molecule has 1 fully saturated rings. The van der Waals surface area contributed by atoms with E-state index in [1.165, 1.54) is 0 Å².